The summed E-state index contributed by atoms with van der Waals surface area (Å²) in [6, 6.07) is 5.28. The smallest absolute Gasteiger partial charge is 0.335 e. The lowest BCUT2D eigenvalue weighted by atomic mass is 10.1. The van der Waals surface area contributed by atoms with Crippen LogP contribution in [0.1, 0.15) is 48.9 Å². The van der Waals surface area contributed by atoms with E-state index in [1.807, 2.05) is 0 Å². The summed E-state index contributed by atoms with van der Waals surface area (Å²) >= 11 is 0. The number of hydrogen-bond donors (Lipinski definition) is 1. The van der Waals surface area contributed by atoms with Gasteiger partial charge in [0, 0.05) is 13.0 Å². The number of nitrogens with zero attached hydrogens (tertiary/aromatic N) is 2. The maximum absolute atomic E-state index is 11.2. The average molecular weight is 288 g/mol. The van der Waals surface area contributed by atoms with Gasteiger partial charge in [0.15, 0.2) is 0 Å². The van der Waals surface area contributed by atoms with Crippen LogP contribution in [0.5, 0.6) is 0 Å². The summed E-state index contributed by atoms with van der Waals surface area (Å²) in [6.07, 6.45) is 3.13. The fourth-order valence-electron chi connectivity index (χ4n) is 3.13. The quantitative estimate of drug-likeness (QED) is 0.939. The molecule has 1 aromatic heterocycles. The van der Waals surface area contributed by atoms with Crippen LogP contribution in [0.3, 0.4) is 0 Å². The highest BCUT2D eigenvalue weighted by atomic mass is 16.5. The van der Waals surface area contributed by atoms with Gasteiger partial charge < -0.3 is 14.4 Å². The molecule has 2 aromatic rings. The van der Waals surface area contributed by atoms with Crippen LogP contribution in [-0.4, -0.2) is 33.3 Å². The molecule has 1 aliphatic heterocycles. The van der Waals surface area contributed by atoms with E-state index in [0.29, 0.717) is 5.56 Å². The molecule has 2 heterocycles. The van der Waals surface area contributed by atoms with Gasteiger partial charge in [0.1, 0.15) is 5.82 Å². The predicted molar refractivity (Wildman–Crippen MR) is 79.8 cm³/mol. The number of ether oxygens (including phenoxy) is 1. The Balaban J connectivity index is 2.13. The van der Waals surface area contributed by atoms with Crippen molar-refractivity contribution in [1.29, 1.82) is 0 Å². The van der Waals surface area contributed by atoms with E-state index in [4.69, 9.17) is 4.74 Å². The summed E-state index contributed by atoms with van der Waals surface area (Å²) in [7, 11) is 0. The first kappa shape index (κ1) is 14.1. The van der Waals surface area contributed by atoms with Crippen molar-refractivity contribution in [1.82, 2.24) is 9.55 Å². The van der Waals surface area contributed by atoms with Crippen LogP contribution in [0, 0.1) is 0 Å². The number of imidazole rings is 1. The van der Waals surface area contributed by atoms with Gasteiger partial charge >= 0.3 is 5.97 Å². The topological polar surface area (TPSA) is 64.3 Å². The van der Waals surface area contributed by atoms with E-state index < -0.39 is 5.97 Å². The Kier molecular flexibility index (Phi) is 3.68. The summed E-state index contributed by atoms with van der Waals surface area (Å²) in [6.45, 7) is 5.01. The van der Waals surface area contributed by atoms with Crippen molar-refractivity contribution >= 4 is 17.0 Å². The molecule has 21 heavy (non-hydrogen) atoms. The third-order valence-corrected chi connectivity index (χ3v) is 4.24. The highest BCUT2D eigenvalue weighted by molar-refractivity contribution is 5.92. The van der Waals surface area contributed by atoms with Gasteiger partial charge in [0.05, 0.1) is 28.7 Å². The molecule has 3 rings (SSSR count). The Hall–Kier alpha value is -1.88. The second kappa shape index (κ2) is 5.48. The fourth-order valence-corrected chi connectivity index (χ4v) is 3.13. The van der Waals surface area contributed by atoms with Gasteiger partial charge in [-0.1, -0.05) is 6.92 Å². The Bertz CT molecular complexity index is 671. The van der Waals surface area contributed by atoms with Gasteiger partial charge in [0.25, 0.3) is 0 Å². The monoisotopic (exact) mass is 288 g/mol. The maximum atomic E-state index is 11.2. The number of rotatable bonds is 4. The zero-order valence-corrected chi connectivity index (χ0v) is 12.4. The van der Waals surface area contributed by atoms with Crippen LogP contribution in [-0.2, 0) is 11.2 Å². The van der Waals surface area contributed by atoms with Crippen LogP contribution in [0.25, 0.3) is 11.0 Å². The summed E-state index contributed by atoms with van der Waals surface area (Å²) in [5.41, 5.74) is 2.03. The molecule has 0 amide bonds. The SMILES string of the molecule is CCc1nc2ccc(C(=O)O)cc2n1C(C)C1CCCO1. The number of benzene rings is 1. The van der Waals surface area contributed by atoms with Crippen molar-refractivity contribution in [2.24, 2.45) is 0 Å². The molecule has 1 aromatic carbocycles. The van der Waals surface area contributed by atoms with Gasteiger partial charge in [-0.2, -0.15) is 0 Å². The number of aryl methyl sites for hydroxylation is 1. The van der Waals surface area contributed by atoms with Gasteiger partial charge in [-0.25, -0.2) is 9.78 Å². The molecule has 2 atom stereocenters. The van der Waals surface area contributed by atoms with E-state index in [9.17, 15) is 9.90 Å². The second-order valence-electron chi connectivity index (χ2n) is 5.55. The van der Waals surface area contributed by atoms with E-state index in [-0.39, 0.29) is 12.1 Å². The number of carboxylic acids is 1. The van der Waals surface area contributed by atoms with E-state index in [2.05, 4.69) is 23.4 Å². The van der Waals surface area contributed by atoms with Gasteiger partial charge in [0.2, 0.25) is 0 Å². The molecule has 2 unspecified atom stereocenters. The third-order valence-electron chi connectivity index (χ3n) is 4.24. The van der Waals surface area contributed by atoms with Crippen LogP contribution >= 0.6 is 0 Å². The largest absolute Gasteiger partial charge is 0.478 e. The maximum Gasteiger partial charge on any atom is 0.335 e. The standard InChI is InChI=1S/C16H20N2O3/c1-3-15-17-12-7-6-11(16(19)20)9-13(12)18(15)10(2)14-5-4-8-21-14/h6-7,9-10,14H,3-5,8H2,1-2H3,(H,19,20). The molecule has 5 heteroatoms. The lowest BCUT2D eigenvalue weighted by Crippen LogP contribution is -2.22. The van der Waals surface area contributed by atoms with Crippen molar-refractivity contribution in [2.75, 3.05) is 6.61 Å². The lowest BCUT2D eigenvalue weighted by molar-refractivity contribution is 0.0697. The molecular weight excluding hydrogens is 268 g/mol. The van der Waals surface area contributed by atoms with Crippen LogP contribution in [0.15, 0.2) is 18.2 Å². The van der Waals surface area contributed by atoms with E-state index in [1.165, 1.54) is 0 Å². The summed E-state index contributed by atoms with van der Waals surface area (Å²) in [4.78, 5) is 15.8. The molecular formula is C16H20N2O3. The molecule has 1 N–H and O–H groups in total. The highest BCUT2D eigenvalue weighted by Crippen LogP contribution is 2.29. The molecule has 0 saturated carbocycles. The van der Waals surface area contributed by atoms with Crippen LogP contribution < -0.4 is 0 Å². The molecule has 0 radical (unpaired) electrons. The van der Waals surface area contributed by atoms with Crippen LogP contribution in [0.4, 0.5) is 0 Å². The minimum Gasteiger partial charge on any atom is -0.478 e. The molecule has 0 aliphatic carbocycles. The first-order chi connectivity index (χ1) is 10.1. The van der Waals surface area contributed by atoms with E-state index >= 15 is 0 Å². The van der Waals surface area contributed by atoms with Crippen LogP contribution in [0.2, 0.25) is 0 Å². The number of carboxylic acid groups (broad SMARTS) is 1. The van der Waals surface area contributed by atoms with Crippen molar-refractivity contribution in [3.63, 3.8) is 0 Å². The first-order valence-electron chi connectivity index (χ1n) is 7.47. The second-order valence-corrected chi connectivity index (χ2v) is 5.55. The Labute approximate surface area is 123 Å². The van der Waals surface area contributed by atoms with Crippen molar-refractivity contribution in [2.45, 2.75) is 45.3 Å². The molecule has 0 spiro atoms. The fraction of sp³-hybridized carbons (Fsp3) is 0.500. The van der Waals surface area contributed by atoms with Gasteiger partial charge in [-0.15, -0.1) is 0 Å². The first-order valence-corrected chi connectivity index (χ1v) is 7.47. The molecule has 112 valence electrons. The number of fused-ring (bicyclic) bond motifs is 1. The number of carbonyl (C=O) groups is 1. The normalized spacial score (nSPS) is 20.0. The predicted octanol–water partition coefficient (Wildman–Crippen LogP) is 3.04. The minimum atomic E-state index is -0.910. The zero-order chi connectivity index (χ0) is 15.0. The highest BCUT2D eigenvalue weighted by Gasteiger charge is 2.26. The minimum absolute atomic E-state index is 0.163. The third kappa shape index (κ3) is 2.42. The Morgan fingerprint density at radius 2 is 2.38 bits per heavy atom. The molecule has 0 bridgehead atoms. The summed E-state index contributed by atoms with van der Waals surface area (Å²) < 4.78 is 7.95. The van der Waals surface area contributed by atoms with Crippen molar-refractivity contribution in [3.8, 4) is 0 Å². The number of aromatic nitrogens is 2. The average Bonchev–Trinajstić information content (AvgIpc) is 3.12. The zero-order valence-electron chi connectivity index (χ0n) is 12.4. The van der Waals surface area contributed by atoms with E-state index in [1.54, 1.807) is 18.2 Å². The molecule has 1 aliphatic rings. The number of aromatic carboxylic acids is 1. The Morgan fingerprint density at radius 1 is 1.57 bits per heavy atom. The molecule has 1 fully saturated rings. The van der Waals surface area contributed by atoms with Gasteiger partial charge in [-0.3, -0.25) is 0 Å². The molecule has 1 saturated heterocycles. The van der Waals surface area contributed by atoms with Crippen molar-refractivity contribution < 1.29 is 14.6 Å². The molecule has 5 nitrogen and oxygen atoms in total. The number of hydrogen-bond acceptors (Lipinski definition) is 3. The summed E-state index contributed by atoms with van der Waals surface area (Å²) in [5.74, 6) is 0.0722. The van der Waals surface area contributed by atoms with Gasteiger partial charge in [-0.05, 0) is 38.0 Å². The van der Waals surface area contributed by atoms with E-state index in [0.717, 1.165) is 42.7 Å². The summed E-state index contributed by atoms with van der Waals surface area (Å²) in [5, 5.41) is 9.19. The lowest BCUT2D eigenvalue weighted by Gasteiger charge is -2.23. The van der Waals surface area contributed by atoms with Crippen molar-refractivity contribution in [3.05, 3.63) is 29.6 Å². The Morgan fingerprint density at radius 3 is 3.00 bits per heavy atom.